The van der Waals surface area contributed by atoms with E-state index in [0.717, 1.165) is 16.7 Å². The molecular weight excluding hydrogens is 382 g/mol. The second kappa shape index (κ2) is 8.69. The fraction of sp³-hybridized carbons (Fsp3) is 0.167. The van der Waals surface area contributed by atoms with Gasteiger partial charge in [0.25, 0.3) is 5.91 Å². The molecule has 0 spiro atoms. The lowest BCUT2D eigenvalue weighted by molar-refractivity contribution is -0.124. The predicted molar refractivity (Wildman–Crippen MR) is 111 cm³/mol. The van der Waals surface area contributed by atoms with Crippen LogP contribution in [0.5, 0.6) is 11.5 Å². The van der Waals surface area contributed by atoms with E-state index in [-0.39, 0.29) is 25.3 Å². The van der Waals surface area contributed by atoms with Gasteiger partial charge in [0.1, 0.15) is 0 Å². The molecule has 0 fully saturated rings. The lowest BCUT2D eigenvalue weighted by Crippen LogP contribution is -2.31. The maximum atomic E-state index is 12.2. The van der Waals surface area contributed by atoms with E-state index in [9.17, 15) is 9.59 Å². The van der Waals surface area contributed by atoms with E-state index in [4.69, 9.17) is 14.2 Å². The highest BCUT2D eigenvalue weighted by Gasteiger charge is 2.17. The summed E-state index contributed by atoms with van der Waals surface area (Å²) in [5.74, 6) is 0.415. The van der Waals surface area contributed by atoms with Gasteiger partial charge in [0.15, 0.2) is 18.1 Å². The number of rotatable bonds is 6. The molecule has 1 amide bonds. The third-order valence-corrected chi connectivity index (χ3v) is 4.84. The number of esters is 1. The molecule has 152 valence electrons. The van der Waals surface area contributed by atoms with E-state index < -0.39 is 5.97 Å². The Morgan fingerprint density at radius 3 is 2.40 bits per heavy atom. The van der Waals surface area contributed by atoms with Crippen LogP contribution in [0.1, 0.15) is 28.9 Å². The summed E-state index contributed by atoms with van der Waals surface area (Å²) >= 11 is 0. The van der Waals surface area contributed by atoms with Crippen LogP contribution < -0.4 is 14.8 Å². The minimum atomic E-state index is -0.541. The third-order valence-electron chi connectivity index (χ3n) is 4.84. The molecule has 0 bridgehead atoms. The number of hydrogen-bond donors (Lipinski definition) is 1. The maximum Gasteiger partial charge on any atom is 0.338 e. The number of hydrogen-bond acceptors (Lipinski definition) is 5. The molecule has 0 radical (unpaired) electrons. The molecule has 30 heavy (non-hydrogen) atoms. The van der Waals surface area contributed by atoms with Crippen molar-refractivity contribution >= 4 is 11.9 Å². The van der Waals surface area contributed by atoms with Crippen LogP contribution in [0, 0.1) is 0 Å². The molecule has 0 unspecified atom stereocenters. The van der Waals surface area contributed by atoms with Crippen LogP contribution in [0.15, 0.2) is 72.8 Å². The first-order chi connectivity index (χ1) is 14.6. The molecule has 0 aliphatic carbocycles. The third kappa shape index (κ3) is 4.43. The van der Waals surface area contributed by atoms with Crippen molar-refractivity contribution in [2.75, 3.05) is 13.4 Å². The van der Waals surface area contributed by atoms with Gasteiger partial charge in [-0.2, -0.15) is 0 Å². The Balaban J connectivity index is 1.29. The molecule has 1 aliphatic rings. The smallest absolute Gasteiger partial charge is 0.338 e. The highest BCUT2D eigenvalue weighted by atomic mass is 16.7. The molecule has 1 N–H and O–H groups in total. The summed E-state index contributed by atoms with van der Waals surface area (Å²) < 4.78 is 15.8. The summed E-state index contributed by atoms with van der Waals surface area (Å²) in [5.41, 5.74) is 3.33. The first kappa shape index (κ1) is 19.5. The Hall–Kier alpha value is -3.80. The number of benzene rings is 3. The van der Waals surface area contributed by atoms with Gasteiger partial charge >= 0.3 is 5.97 Å². The highest BCUT2D eigenvalue weighted by molar-refractivity contribution is 5.92. The van der Waals surface area contributed by atoms with Crippen LogP contribution in [0.3, 0.4) is 0 Å². The minimum Gasteiger partial charge on any atom is -0.454 e. The topological polar surface area (TPSA) is 73.9 Å². The van der Waals surface area contributed by atoms with Gasteiger partial charge in [-0.3, -0.25) is 4.79 Å². The zero-order valence-corrected chi connectivity index (χ0v) is 16.5. The average Bonchev–Trinajstić information content (AvgIpc) is 3.26. The summed E-state index contributed by atoms with van der Waals surface area (Å²) in [7, 11) is 0. The van der Waals surface area contributed by atoms with Gasteiger partial charge in [0.05, 0.1) is 11.6 Å². The van der Waals surface area contributed by atoms with E-state index in [2.05, 4.69) is 5.32 Å². The molecule has 0 aromatic heterocycles. The lowest BCUT2D eigenvalue weighted by Gasteiger charge is -2.15. The highest BCUT2D eigenvalue weighted by Crippen LogP contribution is 2.34. The van der Waals surface area contributed by atoms with Gasteiger partial charge in [-0.15, -0.1) is 0 Å². The Morgan fingerprint density at radius 1 is 0.933 bits per heavy atom. The summed E-state index contributed by atoms with van der Waals surface area (Å²) in [6.45, 7) is 1.69. The largest absolute Gasteiger partial charge is 0.454 e. The van der Waals surface area contributed by atoms with Crippen LogP contribution in [-0.4, -0.2) is 25.3 Å². The number of carbonyl (C=O) groups excluding carboxylic acids is 2. The summed E-state index contributed by atoms with van der Waals surface area (Å²) in [6.07, 6.45) is 0. The molecule has 1 atom stereocenters. The van der Waals surface area contributed by atoms with Gasteiger partial charge in [0.2, 0.25) is 6.79 Å². The van der Waals surface area contributed by atoms with Crippen LogP contribution in [-0.2, 0) is 9.53 Å². The summed E-state index contributed by atoms with van der Waals surface area (Å²) in [5, 5.41) is 2.81. The number of fused-ring (bicyclic) bond motifs is 1. The SMILES string of the molecule is C[C@H](NC(=O)COC(=O)c1ccc(-c2ccccc2)cc1)c1ccc2c(c1)OCO2. The summed E-state index contributed by atoms with van der Waals surface area (Å²) in [4.78, 5) is 24.4. The minimum absolute atomic E-state index is 0.196. The maximum absolute atomic E-state index is 12.2. The molecule has 0 saturated heterocycles. The van der Waals surface area contributed by atoms with Crippen molar-refractivity contribution < 1.29 is 23.8 Å². The van der Waals surface area contributed by atoms with Crippen molar-refractivity contribution in [1.29, 1.82) is 0 Å². The monoisotopic (exact) mass is 403 g/mol. The van der Waals surface area contributed by atoms with Crippen molar-refractivity contribution in [1.82, 2.24) is 5.32 Å². The molecule has 6 heteroatoms. The second-order valence-electron chi connectivity index (χ2n) is 6.92. The van der Waals surface area contributed by atoms with Crippen molar-refractivity contribution in [3.8, 4) is 22.6 Å². The van der Waals surface area contributed by atoms with Gasteiger partial charge < -0.3 is 19.5 Å². The fourth-order valence-corrected chi connectivity index (χ4v) is 3.19. The molecule has 0 saturated carbocycles. The molecule has 3 aromatic rings. The van der Waals surface area contributed by atoms with Crippen LogP contribution >= 0.6 is 0 Å². The van der Waals surface area contributed by atoms with Gasteiger partial charge in [-0.25, -0.2) is 4.79 Å². The molecule has 3 aromatic carbocycles. The number of amides is 1. The van der Waals surface area contributed by atoms with Crippen molar-refractivity contribution in [3.63, 3.8) is 0 Å². The quantitative estimate of drug-likeness (QED) is 0.627. The lowest BCUT2D eigenvalue weighted by atomic mass is 10.0. The van der Waals surface area contributed by atoms with Gasteiger partial charge in [0, 0.05) is 0 Å². The predicted octanol–water partition coefficient (Wildman–Crippen LogP) is 4.12. The molecule has 6 nitrogen and oxygen atoms in total. The van der Waals surface area contributed by atoms with Gasteiger partial charge in [-0.1, -0.05) is 48.5 Å². The second-order valence-corrected chi connectivity index (χ2v) is 6.92. The van der Waals surface area contributed by atoms with Crippen LogP contribution in [0.2, 0.25) is 0 Å². The van der Waals surface area contributed by atoms with Crippen molar-refractivity contribution in [3.05, 3.63) is 83.9 Å². The zero-order valence-electron chi connectivity index (χ0n) is 16.5. The van der Waals surface area contributed by atoms with E-state index >= 15 is 0 Å². The van der Waals surface area contributed by atoms with Crippen LogP contribution in [0.4, 0.5) is 0 Å². The standard InChI is InChI=1S/C24H21NO5/c1-16(20-11-12-21-22(13-20)30-15-29-21)25-23(26)14-28-24(27)19-9-7-18(8-10-19)17-5-3-2-4-6-17/h2-13,16H,14-15H2,1H3,(H,25,26)/t16-/m0/s1. The Kier molecular flexibility index (Phi) is 5.66. The number of carbonyl (C=O) groups is 2. The van der Waals surface area contributed by atoms with Crippen LogP contribution in [0.25, 0.3) is 11.1 Å². The Labute approximate surface area is 174 Å². The van der Waals surface area contributed by atoms with Crippen molar-refractivity contribution in [2.45, 2.75) is 13.0 Å². The van der Waals surface area contributed by atoms with E-state index in [1.165, 1.54) is 0 Å². The van der Waals surface area contributed by atoms with Crippen molar-refractivity contribution in [2.24, 2.45) is 0 Å². The zero-order chi connectivity index (χ0) is 20.9. The van der Waals surface area contributed by atoms with E-state index in [0.29, 0.717) is 17.1 Å². The number of ether oxygens (including phenoxy) is 3. The fourth-order valence-electron chi connectivity index (χ4n) is 3.19. The van der Waals surface area contributed by atoms with E-state index in [1.807, 2.05) is 61.5 Å². The van der Waals surface area contributed by atoms with E-state index in [1.54, 1.807) is 18.2 Å². The molecule has 1 aliphatic heterocycles. The molecular formula is C24H21NO5. The molecule has 1 heterocycles. The van der Waals surface area contributed by atoms with Gasteiger partial charge in [-0.05, 0) is 47.9 Å². The normalized spacial score (nSPS) is 12.8. The number of nitrogens with one attached hydrogen (secondary N) is 1. The Bertz CT molecular complexity index is 1050. The summed E-state index contributed by atoms with van der Waals surface area (Å²) in [6, 6.07) is 22.2. The Morgan fingerprint density at radius 2 is 1.63 bits per heavy atom. The first-order valence-electron chi connectivity index (χ1n) is 9.61. The average molecular weight is 403 g/mol. The molecule has 4 rings (SSSR count). The first-order valence-corrected chi connectivity index (χ1v) is 9.61.